The number of carbonyl (C=O) groups is 1. The lowest BCUT2D eigenvalue weighted by molar-refractivity contribution is 0.0870. The van der Waals surface area contributed by atoms with Crippen molar-refractivity contribution in [3.05, 3.63) is 38.5 Å². The van der Waals surface area contributed by atoms with Gasteiger partial charge in [0.2, 0.25) is 5.82 Å². The Morgan fingerprint density at radius 2 is 2.04 bits per heavy atom. The molecule has 0 N–H and O–H groups in total. The highest BCUT2D eigenvalue weighted by Gasteiger charge is 2.35. The second-order valence-electron chi connectivity index (χ2n) is 6.52. The molecule has 0 saturated carbocycles. The fourth-order valence-electron chi connectivity index (χ4n) is 3.52. The molecule has 0 fully saturated rings. The number of carbonyl (C=O) groups excluding carboxylic acids is 1. The third-order valence-electron chi connectivity index (χ3n) is 4.60. The van der Waals surface area contributed by atoms with Crippen LogP contribution < -0.4 is 15.1 Å². The minimum absolute atomic E-state index is 0.0573. The number of fused-ring (bicyclic) bond motifs is 6. The van der Waals surface area contributed by atoms with Crippen molar-refractivity contribution in [2.24, 2.45) is 0 Å². The van der Waals surface area contributed by atoms with Crippen LogP contribution in [0.4, 0.5) is 4.39 Å². The van der Waals surface area contributed by atoms with Crippen molar-refractivity contribution < 1.29 is 23.1 Å². The fraction of sp³-hybridized carbons (Fsp3) is 0.368. The maximum Gasteiger partial charge on any atom is 0.372 e. The predicted molar refractivity (Wildman–Crippen MR) is 90.0 cm³/mol. The molecule has 2 aliphatic heterocycles. The van der Waals surface area contributed by atoms with E-state index in [0.717, 1.165) is 5.57 Å². The monoisotopic (exact) mass is 344 g/mol. The summed E-state index contributed by atoms with van der Waals surface area (Å²) in [4.78, 5) is 24.6. The molecule has 1 unspecified atom stereocenters. The summed E-state index contributed by atoms with van der Waals surface area (Å²) >= 11 is 0. The second kappa shape index (κ2) is 5.44. The number of rotatable bonds is 1. The van der Waals surface area contributed by atoms with E-state index in [1.165, 1.54) is 0 Å². The number of benzene rings is 1. The number of Topliss-reactive ketones (excluding diaryl/α,β-unsaturated/α-hetero) is 1. The Morgan fingerprint density at radius 3 is 2.76 bits per heavy atom. The SMILES string of the molecule is CCc1c(F)c(=O)oc2c3c(c4c(c12)OCC(C)=C4)OC(C)CC3=O. The van der Waals surface area contributed by atoms with E-state index in [1.807, 2.05) is 13.0 Å². The van der Waals surface area contributed by atoms with E-state index in [1.54, 1.807) is 13.8 Å². The van der Waals surface area contributed by atoms with Crippen LogP contribution in [0.1, 0.15) is 48.7 Å². The normalized spacial score (nSPS) is 19.0. The van der Waals surface area contributed by atoms with Gasteiger partial charge in [-0.05, 0) is 31.9 Å². The van der Waals surface area contributed by atoms with Crippen LogP contribution in [-0.4, -0.2) is 18.5 Å². The first-order valence-corrected chi connectivity index (χ1v) is 8.27. The molecule has 2 aromatic rings. The number of hydrogen-bond donors (Lipinski definition) is 0. The minimum Gasteiger partial charge on any atom is -0.489 e. The Bertz CT molecular complexity index is 1020. The molecule has 0 saturated heterocycles. The van der Waals surface area contributed by atoms with Gasteiger partial charge in [0, 0.05) is 12.0 Å². The van der Waals surface area contributed by atoms with Crippen LogP contribution in [0.15, 0.2) is 14.8 Å². The molecule has 0 amide bonds. The first kappa shape index (κ1) is 15.9. The van der Waals surface area contributed by atoms with Gasteiger partial charge in [0.25, 0.3) is 0 Å². The first-order valence-electron chi connectivity index (χ1n) is 8.27. The van der Waals surface area contributed by atoms with Crippen molar-refractivity contribution in [2.75, 3.05) is 6.61 Å². The van der Waals surface area contributed by atoms with Gasteiger partial charge < -0.3 is 13.9 Å². The van der Waals surface area contributed by atoms with Crippen LogP contribution in [0.3, 0.4) is 0 Å². The maximum atomic E-state index is 14.4. The summed E-state index contributed by atoms with van der Waals surface area (Å²) in [7, 11) is 0. The molecule has 0 spiro atoms. The Labute approximate surface area is 143 Å². The summed E-state index contributed by atoms with van der Waals surface area (Å²) in [5.74, 6) is -0.373. The van der Waals surface area contributed by atoms with Gasteiger partial charge in [0.1, 0.15) is 29.8 Å². The number of hydrogen-bond acceptors (Lipinski definition) is 5. The highest BCUT2D eigenvalue weighted by molar-refractivity contribution is 6.13. The van der Waals surface area contributed by atoms with E-state index in [2.05, 4.69) is 0 Å². The minimum atomic E-state index is -1.08. The first-order chi connectivity index (χ1) is 11.9. The zero-order valence-electron chi connectivity index (χ0n) is 14.2. The summed E-state index contributed by atoms with van der Waals surface area (Å²) in [5, 5.41) is 0.351. The van der Waals surface area contributed by atoms with Crippen molar-refractivity contribution in [1.82, 2.24) is 0 Å². The predicted octanol–water partition coefficient (Wildman–Crippen LogP) is 3.64. The number of ether oxygens (including phenoxy) is 2. The largest absolute Gasteiger partial charge is 0.489 e. The smallest absolute Gasteiger partial charge is 0.372 e. The molecule has 1 aromatic carbocycles. The lowest BCUT2D eigenvalue weighted by Crippen LogP contribution is -2.26. The Hall–Kier alpha value is -2.63. The summed E-state index contributed by atoms with van der Waals surface area (Å²) in [5.41, 5.74) is 0.938. The molecule has 4 rings (SSSR count). The van der Waals surface area contributed by atoms with Gasteiger partial charge in [0.15, 0.2) is 11.4 Å². The third-order valence-corrected chi connectivity index (χ3v) is 4.60. The van der Waals surface area contributed by atoms with E-state index < -0.39 is 11.4 Å². The van der Waals surface area contributed by atoms with Gasteiger partial charge in [-0.2, -0.15) is 4.39 Å². The number of aryl methyl sites for hydroxylation is 1. The van der Waals surface area contributed by atoms with Crippen molar-refractivity contribution in [3.63, 3.8) is 0 Å². The van der Waals surface area contributed by atoms with E-state index in [4.69, 9.17) is 13.9 Å². The zero-order valence-corrected chi connectivity index (χ0v) is 14.2. The quantitative estimate of drug-likeness (QED) is 0.739. The van der Waals surface area contributed by atoms with Gasteiger partial charge in [-0.15, -0.1) is 0 Å². The van der Waals surface area contributed by atoms with Crippen molar-refractivity contribution >= 4 is 22.8 Å². The molecule has 0 aliphatic carbocycles. The van der Waals surface area contributed by atoms with E-state index in [0.29, 0.717) is 29.1 Å². The molecule has 0 bridgehead atoms. The van der Waals surface area contributed by atoms with Crippen LogP contribution >= 0.6 is 0 Å². The molecule has 2 aliphatic rings. The Balaban J connectivity index is 2.26. The molecule has 5 nitrogen and oxygen atoms in total. The maximum absolute atomic E-state index is 14.4. The van der Waals surface area contributed by atoms with Crippen molar-refractivity contribution in [3.8, 4) is 11.5 Å². The summed E-state index contributed by atoms with van der Waals surface area (Å²) in [6.45, 7) is 5.79. The second-order valence-corrected chi connectivity index (χ2v) is 6.52. The topological polar surface area (TPSA) is 65.7 Å². The highest BCUT2D eigenvalue weighted by Crippen LogP contribution is 2.47. The van der Waals surface area contributed by atoms with Crippen LogP contribution in [0.2, 0.25) is 0 Å². The summed E-state index contributed by atoms with van der Waals surface area (Å²) in [6.07, 6.45) is 2.03. The molecular formula is C19H17FO5. The van der Waals surface area contributed by atoms with Crippen LogP contribution in [0.25, 0.3) is 17.0 Å². The van der Waals surface area contributed by atoms with Gasteiger partial charge >= 0.3 is 5.63 Å². The molecule has 25 heavy (non-hydrogen) atoms. The number of halogens is 1. The van der Waals surface area contributed by atoms with Gasteiger partial charge in [0.05, 0.1) is 10.9 Å². The van der Waals surface area contributed by atoms with Crippen molar-refractivity contribution in [2.45, 2.75) is 39.7 Å². The van der Waals surface area contributed by atoms with Crippen LogP contribution in [0, 0.1) is 5.82 Å². The van der Waals surface area contributed by atoms with E-state index >= 15 is 0 Å². The lowest BCUT2D eigenvalue weighted by Gasteiger charge is -2.28. The molecule has 0 radical (unpaired) electrons. The summed E-state index contributed by atoms with van der Waals surface area (Å²) in [6, 6.07) is 0. The molecule has 1 aromatic heterocycles. The average Bonchev–Trinajstić information content (AvgIpc) is 2.56. The number of ketones is 1. The molecule has 3 heterocycles. The van der Waals surface area contributed by atoms with Crippen LogP contribution in [-0.2, 0) is 6.42 Å². The zero-order chi connectivity index (χ0) is 17.9. The molecule has 130 valence electrons. The van der Waals surface area contributed by atoms with Gasteiger partial charge in [-0.1, -0.05) is 6.92 Å². The van der Waals surface area contributed by atoms with Crippen molar-refractivity contribution in [1.29, 1.82) is 0 Å². The van der Waals surface area contributed by atoms with Gasteiger partial charge in [-0.25, -0.2) is 4.79 Å². The van der Waals surface area contributed by atoms with Crippen LogP contribution in [0.5, 0.6) is 11.5 Å². The Kier molecular flexibility index (Phi) is 3.45. The van der Waals surface area contributed by atoms with E-state index in [9.17, 15) is 14.0 Å². The third kappa shape index (κ3) is 2.20. The Morgan fingerprint density at radius 1 is 1.28 bits per heavy atom. The molecular weight excluding hydrogens is 327 g/mol. The fourth-order valence-corrected chi connectivity index (χ4v) is 3.52. The summed E-state index contributed by atoms with van der Waals surface area (Å²) < 4.78 is 31.3. The molecule has 6 heteroatoms. The lowest BCUT2D eigenvalue weighted by atomic mass is 9.91. The standard InChI is InChI=1S/C19H17FO5/c1-4-10-13-16-11(5-8(2)7-23-16)17-14(12(21)6-9(3)24-17)18(13)25-19(22)15(10)20/h5,9H,4,6-7H2,1-3H3. The molecule has 1 atom stereocenters. The average molecular weight is 344 g/mol. The van der Waals surface area contributed by atoms with Gasteiger partial charge in [-0.3, -0.25) is 4.79 Å². The van der Waals surface area contributed by atoms with E-state index in [-0.39, 0.29) is 41.4 Å². The highest BCUT2D eigenvalue weighted by atomic mass is 19.1.